The fraction of sp³-hybridized carbons (Fsp3) is 0.235. The van der Waals surface area contributed by atoms with Crippen molar-refractivity contribution in [1.29, 1.82) is 0 Å². The van der Waals surface area contributed by atoms with Crippen molar-refractivity contribution in [3.8, 4) is 0 Å². The van der Waals surface area contributed by atoms with Gasteiger partial charge in [-0.15, -0.1) is 0 Å². The molecule has 1 aromatic heterocycles. The van der Waals surface area contributed by atoms with E-state index in [4.69, 9.17) is 0 Å². The summed E-state index contributed by atoms with van der Waals surface area (Å²) in [6, 6.07) is 4.42. The van der Waals surface area contributed by atoms with E-state index in [-0.39, 0.29) is 16.9 Å². The average Bonchev–Trinajstić information content (AvgIpc) is 3.12. The van der Waals surface area contributed by atoms with Crippen LogP contribution >= 0.6 is 0 Å². The van der Waals surface area contributed by atoms with E-state index in [9.17, 15) is 23.2 Å². The Hall–Kier alpha value is -2.83. The van der Waals surface area contributed by atoms with E-state index in [0.29, 0.717) is 18.7 Å². The van der Waals surface area contributed by atoms with Crippen molar-refractivity contribution >= 4 is 23.2 Å². The van der Waals surface area contributed by atoms with E-state index in [1.807, 2.05) is 0 Å². The number of carbonyl (C=O) groups excluding carboxylic acids is 3. The minimum atomic E-state index is -1.07. The van der Waals surface area contributed by atoms with Crippen molar-refractivity contribution < 1.29 is 23.2 Å². The second-order valence-electron chi connectivity index (χ2n) is 5.61. The number of ketones is 2. The number of amides is 1. The number of benzene rings is 1. The maximum Gasteiger partial charge on any atom is 0.257 e. The smallest absolute Gasteiger partial charge is 0.257 e. The fourth-order valence-corrected chi connectivity index (χ4v) is 2.86. The van der Waals surface area contributed by atoms with E-state index in [0.717, 1.165) is 18.6 Å². The number of hydrogen-bond donors (Lipinski definition) is 1. The van der Waals surface area contributed by atoms with Crippen LogP contribution in [-0.4, -0.2) is 22.0 Å². The molecule has 0 saturated carbocycles. The lowest BCUT2D eigenvalue weighted by Gasteiger charge is -2.06. The predicted octanol–water partition coefficient (Wildman–Crippen LogP) is 2.74. The van der Waals surface area contributed by atoms with Crippen molar-refractivity contribution in [3.05, 3.63) is 52.9 Å². The maximum absolute atomic E-state index is 13.2. The summed E-state index contributed by atoms with van der Waals surface area (Å²) < 4.78 is 27.9. The SMILES string of the molecule is CC(=O)C(=O)c1cc(C(=O)Nc2ccc(F)c(F)c2)c2n1CCC2. The molecule has 1 N–H and O–H groups in total. The van der Waals surface area contributed by atoms with Gasteiger partial charge in [0.05, 0.1) is 11.3 Å². The first kappa shape index (κ1) is 16.0. The summed E-state index contributed by atoms with van der Waals surface area (Å²) in [4.78, 5) is 35.8. The van der Waals surface area contributed by atoms with Crippen molar-refractivity contribution in [2.45, 2.75) is 26.3 Å². The number of carbonyl (C=O) groups is 3. The standard InChI is InChI=1S/C17H14F2N2O3/c1-9(22)16(23)15-8-11(14-3-2-6-21(14)15)17(24)20-10-4-5-12(18)13(19)7-10/h4-5,7-8H,2-3,6H2,1H3,(H,20,24). The summed E-state index contributed by atoms with van der Waals surface area (Å²) >= 11 is 0. The zero-order valence-corrected chi connectivity index (χ0v) is 12.9. The van der Waals surface area contributed by atoms with Gasteiger partial charge in [0.15, 0.2) is 11.6 Å². The second kappa shape index (κ2) is 5.99. The number of nitrogens with zero attached hydrogens (tertiary/aromatic N) is 1. The van der Waals surface area contributed by atoms with Gasteiger partial charge in [0, 0.05) is 30.9 Å². The molecule has 0 bridgehead atoms. The van der Waals surface area contributed by atoms with Crippen LogP contribution in [0.15, 0.2) is 24.3 Å². The van der Waals surface area contributed by atoms with Gasteiger partial charge in [0.1, 0.15) is 0 Å². The molecule has 1 amide bonds. The molecule has 24 heavy (non-hydrogen) atoms. The third kappa shape index (κ3) is 2.73. The zero-order valence-electron chi connectivity index (χ0n) is 12.9. The summed E-state index contributed by atoms with van der Waals surface area (Å²) in [5.41, 5.74) is 1.23. The number of rotatable bonds is 4. The molecule has 1 aromatic carbocycles. The van der Waals surface area contributed by atoms with Crippen molar-refractivity contribution in [1.82, 2.24) is 4.57 Å². The van der Waals surface area contributed by atoms with Crippen molar-refractivity contribution in [2.75, 3.05) is 5.32 Å². The highest BCUT2D eigenvalue weighted by atomic mass is 19.2. The number of aromatic nitrogens is 1. The Morgan fingerprint density at radius 3 is 2.54 bits per heavy atom. The molecule has 5 nitrogen and oxygen atoms in total. The Labute approximate surface area is 136 Å². The third-order valence-corrected chi connectivity index (χ3v) is 3.98. The van der Waals surface area contributed by atoms with Gasteiger partial charge in [-0.2, -0.15) is 0 Å². The van der Waals surface area contributed by atoms with Gasteiger partial charge in [-0.25, -0.2) is 8.78 Å². The quantitative estimate of drug-likeness (QED) is 0.691. The number of fused-ring (bicyclic) bond motifs is 1. The number of nitrogens with one attached hydrogen (secondary N) is 1. The number of hydrogen-bond acceptors (Lipinski definition) is 3. The van der Waals surface area contributed by atoms with Crippen LogP contribution in [0.2, 0.25) is 0 Å². The monoisotopic (exact) mass is 332 g/mol. The van der Waals surface area contributed by atoms with E-state index in [1.54, 1.807) is 4.57 Å². The van der Waals surface area contributed by atoms with Crippen molar-refractivity contribution in [3.63, 3.8) is 0 Å². The van der Waals surface area contributed by atoms with Gasteiger partial charge in [-0.3, -0.25) is 14.4 Å². The van der Waals surface area contributed by atoms with Crippen LogP contribution in [0.25, 0.3) is 0 Å². The van der Waals surface area contributed by atoms with Crippen LogP contribution in [0.1, 0.15) is 39.9 Å². The Bertz CT molecular complexity index is 871. The normalized spacial score (nSPS) is 12.8. The number of halogens is 2. The van der Waals surface area contributed by atoms with Crippen molar-refractivity contribution in [2.24, 2.45) is 0 Å². The minimum absolute atomic E-state index is 0.108. The second-order valence-corrected chi connectivity index (χ2v) is 5.61. The van der Waals surface area contributed by atoms with Gasteiger partial charge >= 0.3 is 0 Å². The van der Waals surface area contributed by atoms with Gasteiger partial charge in [-0.1, -0.05) is 0 Å². The molecular formula is C17H14F2N2O3. The first-order valence-electron chi connectivity index (χ1n) is 7.42. The molecule has 1 aliphatic rings. The molecule has 3 rings (SSSR count). The van der Waals surface area contributed by atoms with Crippen LogP contribution < -0.4 is 5.32 Å². The van der Waals surface area contributed by atoms with Gasteiger partial charge in [-0.05, 0) is 31.0 Å². The lowest BCUT2D eigenvalue weighted by atomic mass is 10.1. The first-order chi connectivity index (χ1) is 11.4. The summed E-state index contributed by atoms with van der Waals surface area (Å²) in [5.74, 6) is -3.86. The number of anilines is 1. The molecule has 2 aromatic rings. The summed E-state index contributed by atoms with van der Waals surface area (Å²) in [6.07, 6.45) is 1.37. The summed E-state index contributed by atoms with van der Waals surface area (Å²) in [5, 5.41) is 2.48. The molecule has 124 valence electrons. The molecule has 0 unspecified atom stereocenters. The van der Waals surface area contributed by atoms with E-state index in [2.05, 4.69) is 5.32 Å². The zero-order chi connectivity index (χ0) is 17.4. The molecule has 0 atom stereocenters. The van der Waals surface area contributed by atoms with Crippen LogP contribution in [0, 0.1) is 11.6 Å². The lowest BCUT2D eigenvalue weighted by Crippen LogP contribution is -2.14. The highest BCUT2D eigenvalue weighted by molar-refractivity contribution is 6.42. The van der Waals surface area contributed by atoms with Crippen LogP contribution in [0.5, 0.6) is 0 Å². The first-order valence-corrected chi connectivity index (χ1v) is 7.42. The molecule has 0 aliphatic carbocycles. The topological polar surface area (TPSA) is 68.2 Å². The van der Waals surface area contributed by atoms with E-state index < -0.39 is 29.1 Å². The fourth-order valence-electron chi connectivity index (χ4n) is 2.86. The lowest BCUT2D eigenvalue weighted by molar-refractivity contribution is -0.113. The highest BCUT2D eigenvalue weighted by Crippen LogP contribution is 2.26. The van der Waals surface area contributed by atoms with Gasteiger partial charge in [0.2, 0.25) is 11.6 Å². The van der Waals surface area contributed by atoms with Crippen LogP contribution in [0.3, 0.4) is 0 Å². The Balaban J connectivity index is 1.93. The van der Waals surface area contributed by atoms with E-state index >= 15 is 0 Å². The maximum atomic E-state index is 13.2. The average molecular weight is 332 g/mol. The minimum Gasteiger partial charge on any atom is -0.341 e. The Morgan fingerprint density at radius 2 is 1.88 bits per heavy atom. The van der Waals surface area contributed by atoms with Crippen LogP contribution in [0.4, 0.5) is 14.5 Å². The predicted molar refractivity (Wildman–Crippen MR) is 82.1 cm³/mol. The molecule has 2 heterocycles. The molecule has 7 heteroatoms. The molecule has 1 aliphatic heterocycles. The van der Waals surface area contributed by atoms with Gasteiger partial charge in [0.25, 0.3) is 5.91 Å². The van der Waals surface area contributed by atoms with Crippen LogP contribution in [-0.2, 0) is 17.8 Å². The van der Waals surface area contributed by atoms with Gasteiger partial charge < -0.3 is 9.88 Å². The molecular weight excluding hydrogens is 318 g/mol. The third-order valence-electron chi connectivity index (χ3n) is 3.98. The molecule has 0 spiro atoms. The number of Topliss-reactive ketones (excluding diaryl/α,β-unsaturated/α-hetero) is 2. The molecule has 0 saturated heterocycles. The summed E-state index contributed by atoms with van der Waals surface area (Å²) in [7, 11) is 0. The molecule has 0 radical (unpaired) electrons. The largest absolute Gasteiger partial charge is 0.341 e. The Morgan fingerprint density at radius 1 is 1.12 bits per heavy atom. The molecule has 0 fully saturated rings. The van der Waals surface area contributed by atoms with E-state index in [1.165, 1.54) is 19.1 Å². The highest BCUT2D eigenvalue weighted by Gasteiger charge is 2.28. The Kier molecular flexibility index (Phi) is 4.01. The summed E-state index contributed by atoms with van der Waals surface area (Å²) in [6.45, 7) is 1.74.